The van der Waals surface area contributed by atoms with E-state index in [1.54, 1.807) is 4.52 Å². The molecule has 0 bridgehead atoms. The quantitative estimate of drug-likeness (QED) is 0.686. The number of carbonyl (C=O) groups excluding carboxylic acids is 1. The van der Waals surface area contributed by atoms with Gasteiger partial charge in [-0.15, -0.1) is 5.10 Å². The van der Waals surface area contributed by atoms with Crippen LogP contribution in [-0.2, 0) is 16.0 Å². The van der Waals surface area contributed by atoms with E-state index in [4.69, 9.17) is 10.5 Å². The fourth-order valence-electron chi connectivity index (χ4n) is 2.77. The van der Waals surface area contributed by atoms with Crippen LogP contribution in [0.2, 0.25) is 0 Å². The number of rotatable bonds is 6. The van der Waals surface area contributed by atoms with Crippen LogP contribution in [0.15, 0.2) is 36.4 Å². The standard InChI is InChI=1S/C19H21N5O2/c1-13-16(14(2)24-19(21-13)22-18(20)23-24)10-11-17(25)26-12-6-9-15-7-4-3-5-8-15/h3-9H,10-12H2,1-2H3,(H2,20,23)/b9-6+. The van der Waals surface area contributed by atoms with Gasteiger partial charge in [-0.2, -0.15) is 9.50 Å². The van der Waals surface area contributed by atoms with Crippen molar-refractivity contribution >= 4 is 23.8 Å². The van der Waals surface area contributed by atoms with Crippen molar-refractivity contribution in [1.29, 1.82) is 0 Å². The number of esters is 1. The fraction of sp³-hybridized carbons (Fsp3) is 0.263. The number of ether oxygens (including phenoxy) is 1. The summed E-state index contributed by atoms with van der Waals surface area (Å²) >= 11 is 0. The number of aromatic nitrogens is 4. The van der Waals surface area contributed by atoms with Crippen molar-refractivity contribution in [1.82, 2.24) is 19.6 Å². The Balaban J connectivity index is 1.56. The third-order valence-corrected chi connectivity index (χ3v) is 4.09. The molecule has 0 radical (unpaired) electrons. The summed E-state index contributed by atoms with van der Waals surface area (Å²) in [4.78, 5) is 20.4. The molecule has 0 aliphatic carbocycles. The number of nitrogens with two attached hydrogens (primary N) is 1. The molecule has 2 N–H and O–H groups in total. The molecule has 3 aromatic rings. The minimum Gasteiger partial charge on any atom is -0.461 e. The van der Waals surface area contributed by atoms with Gasteiger partial charge in [0.2, 0.25) is 5.95 Å². The van der Waals surface area contributed by atoms with E-state index in [-0.39, 0.29) is 24.9 Å². The molecule has 7 heteroatoms. The number of fused-ring (bicyclic) bond motifs is 1. The van der Waals surface area contributed by atoms with Crippen LogP contribution in [0.3, 0.4) is 0 Å². The Morgan fingerprint density at radius 2 is 2.00 bits per heavy atom. The Hall–Kier alpha value is -3.22. The monoisotopic (exact) mass is 351 g/mol. The second-order valence-corrected chi connectivity index (χ2v) is 5.94. The Bertz CT molecular complexity index is 947. The molecule has 7 nitrogen and oxygen atoms in total. The molecule has 0 fully saturated rings. The summed E-state index contributed by atoms with van der Waals surface area (Å²) in [6, 6.07) is 9.86. The van der Waals surface area contributed by atoms with Crippen molar-refractivity contribution in [3.05, 3.63) is 58.9 Å². The highest BCUT2D eigenvalue weighted by Crippen LogP contribution is 2.16. The van der Waals surface area contributed by atoms with Crippen molar-refractivity contribution in [3.8, 4) is 0 Å². The van der Waals surface area contributed by atoms with E-state index < -0.39 is 0 Å². The van der Waals surface area contributed by atoms with Crippen molar-refractivity contribution < 1.29 is 9.53 Å². The number of aryl methyl sites for hydroxylation is 2. The number of benzene rings is 1. The lowest BCUT2D eigenvalue weighted by Crippen LogP contribution is -2.10. The molecule has 0 saturated carbocycles. The summed E-state index contributed by atoms with van der Waals surface area (Å²) in [5, 5.41) is 4.13. The summed E-state index contributed by atoms with van der Waals surface area (Å²) in [5.41, 5.74) is 9.36. The highest BCUT2D eigenvalue weighted by molar-refractivity contribution is 5.70. The first-order valence-corrected chi connectivity index (χ1v) is 8.40. The SMILES string of the molecule is Cc1nc2nc(N)nn2c(C)c1CCC(=O)OC/C=C/c1ccccc1. The second-order valence-electron chi connectivity index (χ2n) is 5.94. The highest BCUT2D eigenvalue weighted by atomic mass is 16.5. The summed E-state index contributed by atoms with van der Waals surface area (Å²) in [6.45, 7) is 4.06. The Morgan fingerprint density at radius 1 is 1.23 bits per heavy atom. The first-order chi connectivity index (χ1) is 12.5. The lowest BCUT2D eigenvalue weighted by Gasteiger charge is -2.09. The van der Waals surface area contributed by atoms with E-state index in [2.05, 4.69) is 15.1 Å². The maximum absolute atomic E-state index is 12.0. The van der Waals surface area contributed by atoms with Gasteiger partial charge >= 0.3 is 5.97 Å². The molecule has 0 unspecified atom stereocenters. The van der Waals surface area contributed by atoms with E-state index in [0.717, 1.165) is 22.5 Å². The van der Waals surface area contributed by atoms with Crippen LogP contribution < -0.4 is 5.73 Å². The average Bonchev–Trinajstić information content (AvgIpc) is 3.00. The van der Waals surface area contributed by atoms with Gasteiger partial charge in [-0.1, -0.05) is 36.4 Å². The first-order valence-electron chi connectivity index (χ1n) is 8.40. The van der Waals surface area contributed by atoms with E-state index in [1.807, 2.05) is 56.3 Å². The van der Waals surface area contributed by atoms with Gasteiger partial charge in [0, 0.05) is 17.8 Å². The van der Waals surface area contributed by atoms with Gasteiger partial charge in [0.15, 0.2) is 0 Å². The van der Waals surface area contributed by atoms with Crippen molar-refractivity contribution in [3.63, 3.8) is 0 Å². The topological polar surface area (TPSA) is 95.4 Å². The fourth-order valence-corrected chi connectivity index (χ4v) is 2.77. The van der Waals surface area contributed by atoms with Gasteiger partial charge in [0.1, 0.15) is 6.61 Å². The zero-order valence-electron chi connectivity index (χ0n) is 14.8. The van der Waals surface area contributed by atoms with E-state index in [9.17, 15) is 4.79 Å². The first kappa shape index (κ1) is 17.6. The van der Waals surface area contributed by atoms with E-state index in [0.29, 0.717) is 12.2 Å². The smallest absolute Gasteiger partial charge is 0.306 e. The predicted molar refractivity (Wildman–Crippen MR) is 99.4 cm³/mol. The Morgan fingerprint density at radius 3 is 2.77 bits per heavy atom. The third kappa shape index (κ3) is 4.05. The molecule has 2 heterocycles. The van der Waals surface area contributed by atoms with Gasteiger partial charge in [-0.05, 0) is 37.5 Å². The largest absolute Gasteiger partial charge is 0.461 e. The molecular weight excluding hydrogens is 330 g/mol. The maximum atomic E-state index is 12.0. The highest BCUT2D eigenvalue weighted by Gasteiger charge is 2.14. The van der Waals surface area contributed by atoms with Crippen LogP contribution in [-0.4, -0.2) is 32.2 Å². The molecule has 26 heavy (non-hydrogen) atoms. The van der Waals surface area contributed by atoms with Crippen LogP contribution in [0.5, 0.6) is 0 Å². The van der Waals surface area contributed by atoms with Gasteiger partial charge in [-0.25, -0.2) is 4.98 Å². The van der Waals surface area contributed by atoms with Gasteiger partial charge < -0.3 is 10.5 Å². The summed E-state index contributed by atoms with van der Waals surface area (Å²) in [6.07, 6.45) is 4.56. The van der Waals surface area contributed by atoms with Crippen LogP contribution in [0.1, 0.15) is 28.9 Å². The molecular formula is C19H21N5O2. The second kappa shape index (κ2) is 7.77. The molecule has 134 valence electrons. The number of hydrogen-bond acceptors (Lipinski definition) is 6. The van der Waals surface area contributed by atoms with E-state index >= 15 is 0 Å². The minimum atomic E-state index is -0.250. The van der Waals surface area contributed by atoms with Crippen LogP contribution in [0.25, 0.3) is 11.9 Å². The number of hydrogen-bond donors (Lipinski definition) is 1. The average molecular weight is 351 g/mol. The van der Waals surface area contributed by atoms with E-state index in [1.165, 1.54) is 0 Å². The molecule has 0 amide bonds. The molecule has 0 aliphatic heterocycles. The number of anilines is 1. The predicted octanol–water partition coefficient (Wildman–Crippen LogP) is 2.51. The molecule has 0 atom stereocenters. The van der Waals surface area contributed by atoms with Crippen LogP contribution in [0, 0.1) is 13.8 Å². The maximum Gasteiger partial charge on any atom is 0.306 e. The van der Waals surface area contributed by atoms with Crippen LogP contribution in [0.4, 0.5) is 5.95 Å². The number of carbonyl (C=O) groups is 1. The molecule has 3 rings (SSSR count). The molecule has 0 spiro atoms. The molecule has 1 aromatic carbocycles. The van der Waals surface area contributed by atoms with Crippen molar-refractivity contribution in [2.24, 2.45) is 0 Å². The minimum absolute atomic E-state index is 0.182. The van der Waals surface area contributed by atoms with Gasteiger partial charge in [-0.3, -0.25) is 4.79 Å². The van der Waals surface area contributed by atoms with Crippen molar-refractivity contribution in [2.45, 2.75) is 26.7 Å². The van der Waals surface area contributed by atoms with Crippen LogP contribution >= 0.6 is 0 Å². The molecule has 2 aromatic heterocycles. The molecule has 0 saturated heterocycles. The third-order valence-electron chi connectivity index (χ3n) is 4.09. The Labute approximate surface area is 151 Å². The summed E-state index contributed by atoms with van der Waals surface area (Å²) < 4.78 is 6.86. The zero-order valence-corrected chi connectivity index (χ0v) is 14.8. The normalized spacial score (nSPS) is 11.3. The van der Waals surface area contributed by atoms with Crippen molar-refractivity contribution in [2.75, 3.05) is 12.3 Å². The molecule has 0 aliphatic rings. The number of nitrogen functional groups attached to an aromatic ring is 1. The van der Waals surface area contributed by atoms with Gasteiger partial charge in [0.25, 0.3) is 5.78 Å². The number of nitrogens with zero attached hydrogens (tertiary/aromatic N) is 4. The van der Waals surface area contributed by atoms with Gasteiger partial charge in [0.05, 0.1) is 0 Å². The lowest BCUT2D eigenvalue weighted by atomic mass is 10.1. The summed E-state index contributed by atoms with van der Waals surface area (Å²) in [7, 11) is 0. The Kier molecular flexibility index (Phi) is 5.26. The summed E-state index contributed by atoms with van der Waals surface area (Å²) in [5.74, 6) is 0.399. The lowest BCUT2D eigenvalue weighted by molar-refractivity contribution is -0.142. The zero-order chi connectivity index (χ0) is 18.5.